The Morgan fingerprint density at radius 3 is 1.39 bits per heavy atom. The van der Waals surface area contributed by atoms with Crippen LogP contribution >= 0.6 is 7.91 Å². The van der Waals surface area contributed by atoms with Crippen LogP contribution in [0.25, 0.3) is 0 Å². The van der Waals surface area contributed by atoms with Gasteiger partial charge in [0.05, 0.1) is 6.61 Å². The van der Waals surface area contributed by atoms with Crippen LogP contribution in [0.2, 0.25) is 0 Å². The van der Waals surface area contributed by atoms with Crippen molar-refractivity contribution in [3.63, 3.8) is 0 Å². The number of nitrogens with zero attached hydrogens (tertiary/aromatic N) is 2. The number of carbonyl (C=O) groups excluding carboxylic acids is 2. The molecule has 2 atom stereocenters. The summed E-state index contributed by atoms with van der Waals surface area (Å²) < 4.78 is 19.5. The zero-order valence-corrected chi connectivity index (χ0v) is 43.6. The van der Waals surface area contributed by atoms with Crippen LogP contribution in [-0.4, -0.2) is 67.8 Å². The third kappa shape index (κ3) is 42.9. The molecule has 0 amide bonds. The SMILES string of the molecule is C=C/C(CCCCN(CCCCCCCCC(=O)OCCCCCCCCC)CCCCCCCC(=O)OC(CCCCCCCC)CCCCCCCCC)=N\[S](=C)(=[Mn])NC. The fourth-order valence-electron chi connectivity index (χ4n) is 8.15. The molecular formula is C53H103MnN3O4S. The number of hydrogen-bond acceptors (Lipinski definition) is 7. The zero-order chi connectivity index (χ0) is 45.6. The van der Waals surface area contributed by atoms with Gasteiger partial charge in [-0.15, -0.1) is 0 Å². The molecule has 7 nitrogen and oxygen atoms in total. The van der Waals surface area contributed by atoms with Gasteiger partial charge in [0, 0.05) is 12.8 Å². The molecule has 0 aliphatic carbocycles. The summed E-state index contributed by atoms with van der Waals surface area (Å²) in [5.41, 5.74) is 1.01. The van der Waals surface area contributed by atoms with Gasteiger partial charge < -0.3 is 9.47 Å². The van der Waals surface area contributed by atoms with E-state index in [9.17, 15) is 9.59 Å². The summed E-state index contributed by atoms with van der Waals surface area (Å²) in [6.07, 6.45) is 46.4. The van der Waals surface area contributed by atoms with Gasteiger partial charge in [-0.1, -0.05) is 149 Å². The van der Waals surface area contributed by atoms with E-state index in [1.807, 2.05) is 13.1 Å². The van der Waals surface area contributed by atoms with Gasteiger partial charge in [-0.05, 0) is 44.9 Å². The number of allylic oxidation sites excluding steroid dienone is 1. The van der Waals surface area contributed by atoms with E-state index in [2.05, 4.69) is 57.2 Å². The van der Waals surface area contributed by atoms with Crippen LogP contribution in [0.4, 0.5) is 0 Å². The molecule has 0 saturated heterocycles. The van der Waals surface area contributed by atoms with Crippen molar-refractivity contribution >= 4 is 31.4 Å². The maximum atomic E-state index is 12.9. The number of hydrogen-bond donors (Lipinski definition) is 1. The van der Waals surface area contributed by atoms with E-state index in [1.54, 1.807) is 0 Å². The summed E-state index contributed by atoms with van der Waals surface area (Å²) >= 11 is 3.61. The van der Waals surface area contributed by atoms with Gasteiger partial charge in [0.15, 0.2) is 0 Å². The molecule has 0 fully saturated rings. The van der Waals surface area contributed by atoms with Crippen LogP contribution < -0.4 is 4.72 Å². The van der Waals surface area contributed by atoms with Crippen LogP contribution in [0.15, 0.2) is 17.1 Å². The van der Waals surface area contributed by atoms with Gasteiger partial charge in [0.2, 0.25) is 0 Å². The minimum absolute atomic E-state index is 0.0154. The van der Waals surface area contributed by atoms with Crippen molar-refractivity contribution in [2.45, 2.75) is 271 Å². The zero-order valence-electron chi connectivity index (χ0n) is 41.6. The second-order valence-electron chi connectivity index (χ2n) is 18.2. The monoisotopic (exact) mass is 933 g/mol. The molecule has 0 radical (unpaired) electrons. The van der Waals surface area contributed by atoms with Crippen molar-refractivity contribution in [1.82, 2.24) is 9.62 Å². The molecular weight excluding hydrogens is 830 g/mol. The molecule has 0 aromatic rings. The van der Waals surface area contributed by atoms with E-state index < -0.39 is 7.91 Å². The Morgan fingerprint density at radius 1 is 0.565 bits per heavy atom. The van der Waals surface area contributed by atoms with Gasteiger partial charge in [-0.3, -0.25) is 9.59 Å². The molecule has 0 aliphatic heterocycles. The predicted molar refractivity (Wildman–Crippen MR) is 271 cm³/mol. The normalized spacial score (nSPS) is 13.3. The molecule has 0 aromatic carbocycles. The minimum atomic E-state index is -1.60. The van der Waals surface area contributed by atoms with Gasteiger partial charge >= 0.3 is 157 Å². The van der Waals surface area contributed by atoms with Crippen LogP contribution in [-0.2, 0) is 33.4 Å². The molecule has 1 N–H and O–H groups in total. The molecule has 367 valence electrons. The Morgan fingerprint density at radius 2 is 0.935 bits per heavy atom. The fourth-order valence-corrected chi connectivity index (χ4v) is 9.19. The second kappa shape index (κ2) is 46.5. The predicted octanol–water partition coefficient (Wildman–Crippen LogP) is 16.0. The molecule has 0 bridgehead atoms. The fraction of sp³-hybridized carbons (Fsp3) is 0.887. The van der Waals surface area contributed by atoms with Gasteiger partial charge in [-0.25, -0.2) is 0 Å². The third-order valence-corrected chi connectivity index (χ3v) is 14.4. The standard InChI is InChI=1S/C53H103N3O4S.Mn/c1-7-11-14-17-20-26-33-43-51(42-32-25-19-16-13-9-3)60-53(58)45-35-28-24-30-38-47-56(48-39-36-41-50(10-4)55-61(6)54-5)46-37-29-22-21-27-34-44-52(57)59-49-40-31-23-18-15-12-8-2;/h10,51,54H,4,6-9,11-49H2,1-3,5H3;/b55-50+;. The summed E-state index contributed by atoms with van der Waals surface area (Å²) in [6, 6.07) is 0. The van der Waals surface area contributed by atoms with E-state index in [0.717, 1.165) is 89.6 Å². The van der Waals surface area contributed by atoms with Gasteiger partial charge in [0.25, 0.3) is 0 Å². The number of nitrogens with one attached hydrogen (secondary N) is 1. The Kier molecular flexibility index (Phi) is 45.8. The molecule has 62 heavy (non-hydrogen) atoms. The molecule has 0 aliphatic rings. The average molecular weight is 933 g/mol. The van der Waals surface area contributed by atoms with E-state index >= 15 is 0 Å². The third-order valence-electron chi connectivity index (χ3n) is 12.2. The average Bonchev–Trinajstić information content (AvgIpc) is 3.26. The Balaban J connectivity index is 4.60. The van der Waals surface area contributed by atoms with Crippen molar-refractivity contribution in [3.05, 3.63) is 12.7 Å². The van der Waals surface area contributed by atoms with Gasteiger partial charge in [-0.2, -0.15) is 0 Å². The summed E-state index contributed by atoms with van der Waals surface area (Å²) in [6.45, 7) is 14.8. The first kappa shape index (κ1) is 61.0. The van der Waals surface area contributed by atoms with Crippen LogP contribution in [0.3, 0.4) is 0 Å². The molecule has 2 unspecified atom stereocenters. The van der Waals surface area contributed by atoms with Crippen LogP contribution in [0, 0.1) is 0 Å². The van der Waals surface area contributed by atoms with Crippen molar-refractivity contribution in [1.29, 1.82) is 0 Å². The molecule has 0 spiro atoms. The molecule has 9 heteroatoms. The molecule has 0 saturated carbocycles. The number of esters is 2. The van der Waals surface area contributed by atoms with E-state index in [-0.39, 0.29) is 18.0 Å². The number of rotatable bonds is 49. The Bertz CT molecular complexity index is 1160. The van der Waals surface area contributed by atoms with E-state index in [1.165, 1.54) is 167 Å². The summed E-state index contributed by atoms with van der Waals surface area (Å²) in [7, 11) is 0.285. The number of ether oxygens (including phenoxy) is 2. The van der Waals surface area contributed by atoms with Crippen molar-refractivity contribution in [2.75, 3.05) is 33.3 Å². The number of carbonyl (C=O) groups is 2. The first-order chi connectivity index (χ1) is 30.2. The topological polar surface area (TPSA) is 80.2 Å². The van der Waals surface area contributed by atoms with E-state index in [4.69, 9.17) is 13.9 Å². The quantitative estimate of drug-likeness (QED) is 0.0215. The molecule has 0 heterocycles. The Hall–Kier alpha value is -0.991. The maximum absolute atomic E-state index is 12.9. The summed E-state index contributed by atoms with van der Waals surface area (Å²) in [5, 5.41) is 0. The second-order valence-corrected chi connectivity index (χ2v) is 22.4. The first-order valence-electron chi connectivity index (χ1n) is 26.5. The van der Waals surface area contributed by atoms with Gasteiger partial charge in [0.1, 0.15) is 6.10 Å². The summed E-state index contributed by atoms with van der Waals surface area (Å²) in [4.78, 5) is 27.7. The van der Waals surface area contributed by atoms with Crippen molar-refractivity contribution in [3.8, 4) is 0 Å². The first-order valence-corrected chi connectivity index (χ1v) is 29.6. The molecule has 0 aromatic heterocycles. The molecule has 0 rings (SSSR count). The summed E-state index contributed by atoms with van der Waals surface area (Å²) in [5.74, 6) is 4.17. The number of unbranched alkanes of at least 4 members (excludes halogenated alkanes) is 27. The van der Waals surface area contributed by atoms with Crippen molar-refractivity contribution in [2.24, 2.45) is 4.40 Å². The van der Waals surface area contributed by atoms with Crippen LogP contribution in [0.5, 0.6) is 0 Å². The van der Waals surface area contributed by atoms with Crippen LogP contribution in [0.1, 0.15) is 265 Å². The Labute approximate surface area is 393 Å². The van der Waals surface area contributed by atoms with E-state index in [0.29, 0.717) is 19.4 Å². The van der Waals surface area contributed by atoms with Crippen molar-refractivity contribution < 1.29 is 33.4 Å².